The highest BCUT2D eigenvalue weighted by Crippen LogP contribution is 2.45. The molecule has 2 atom stereocenters. The first-order valence-electron chi connectivity index (χ1n) is 3.38. The second-order valence-corrected chi connectivity index (χ2v) is 6.21. The van der Waals surface area contributed by atoms with E-state index in [0.717, 1.165) is 12.8 Å². The van der Waals surface area contributed by atoms with Crippen LogP contribution in [0.25, 0.3) is 0 Å². The standard InChI is InChI=1S/C6H6O2S3/c7-11(8)5(9)3-1-2-4(3)6(11)10/h3-4H,1-2H2. The van der Waals surface area contributed by atoms with Crippen molar-refractivity contribution in [2.45, 2.75) is 12.8 Å². The predicted molar refractivity (Wildman–Crippen MR) is 50.3 cm³/mol. The average Bonchev–Trinajstić information content (AvgIpc) is 1.92. The van der Waals surface area contributed by atoms with Gasteiger partial charge in [0.05, 0.1) is 0 Å². The summed E-state index contributed by atoms with van der Waals surface area (Å²) in [4.78, 5) is 0. The summed E-state index contributed by atoms with van der Waals surface area (Å²) < 4.78 is 22.9. The number of rotatable bonds is 0. The van der Waals surface area contributed by atoms with E-state index in [0.29, 0.717) is 0 Å². The second kappa shape index (κ2) is 2.08. The van der Waals surface area contributed by atoms with E-state index in [2.05, 4.69) is 0 Å². The maximum Gasteiger partial charge on any atom is 0.219 e. The van der Waals surface area contributed by atoms with Crippen LogP contribution in [0.3, 0.4) is 0 Å². The lowest BCUT2D eigenvalue weighted by molar-refractivity contribution is 0.350. The fraction of sp³-hybridized carbons (Fsp3) is 0.667. The van der Waals surface area contributed by atoms with E-state index in [4.69, 9.17) is 24.4 Å². The third-order valence-electron chi connectivity index (χ3n) is 2.41. The van der Waals surface area contributed by atoms with E-state index >= 15 is 0 Å². The van der Waals surface area contributed by atoms with Crippen LogP contribution in [0.2, 0.25) is 0 Å². The summed E-state index contributed by atoms with van der Waals surface area (Å²) in [7, 11) is -3.28. The molecule has 2 rings (SSSR count). The Kier molecular flexibility index (Phi) is 1.47. The highest BCUT2D eigenvalue weighted by molar-refractivity contribution is 8.33. The molecule has 1 saturated heterocycles. The van der Waals surface area contributed by atoms with Crippen LogP contribution in [0.5, 0.6) is 0 Å². The van der Waals surface area contributed by atoms with Crippen molar-refractivity contribution >= 4 is 42.7 Å². The van der Waals surface area contributed by atoms with Crippen LogP contribution in [-0.4, -0.2) is 16.8 Å². The molecule has 0 aromatic rings. The van der Waals surface area contributed by atoms with Gasteiger partial charge in [-0.05, 0) is 12.8 Å². The molecule has 2 aliphatic rings. The quantitative estimate of drug-likeness (QED) is 0.556. The molecule has 0 amide bonds. The Morgan fingerprint density at radius 2 is 1.45 bits per heavy atom. The Balaban J connectivity index is 2.56. The monoisotopic (exact) mass is 206 g/mol. The largest absolute Gasteiger partial charge is 0.219 e. The summed E-state index contributed by atoms with van der Waals surface area (Å²) in [5.74, 6) is 0.171. The number of sulfone groups is 1. The van der Waals surface area contributed by atoms with E-state index in [9.17, 15) is 8.42 Å². The van der Waals surface area contributed by atoms with Gasteiger partial charge in [0, 0.05) is 11.8 Å². The van der Waals surface area contributed by atoms with Crippen molar-refractivity contribution in [3.05, 3.63) is 0 Å². The second-order valence-electron chi connectivity index (χ2n) is 2.93. The minimum Gasteiger partial charge on any atom is -0.217 e. The van der Waals surface area contributed by atoms with Gasteiger partial charge in [-0.3, -0.25) is 0 Å². The molecule has 60 valence electrons. The average molecular weight is 206 g/mol. The molecular weight excluding hydrogens is 200 g/mol. The molecule has 0 radical (unpaired) electrons. The van der Waals surface area contributed by atoms with Gasteiger partial charge in [0.2, 0.25) is 9.84 Å². The fourth-order valence-corrected chi connectivity index (χ4v) is 4.38. The first-order valence-corrected chi connectivity index (χ1v) is 5.68. The van der Waals surface area contributed by atoms with Crippen LogP contribution in [0.1, 0.15) is 12.8 Å². The van der Waals surface area contributed by atoms with Gasteiger partial charge in [0.25, 0.3) is 0 Å². The topological polar surface area (TPSA) is 34.1 Å². The van der Waals surface area contributed by atoms with Gasteiger partial charge < -0.3 is 0 Å². The van der Waals surface area contributed by atoms with E-state index < -0.39 is 9.84 Å². The van der Waals surface area contributed by atoms with Crippen LogP contribution in [0, 0.1) is 11.8 Å². The number of hydrogen-bond acceptors (Lipinski definition) is 4. The molecule has 11 heavy (non-hydrogen) atoms. The lowest BCUT2D eigenvalue weighted by Gasteiger charge is -2.27. The smallest absolute Gasteiger partial charge is 0.217 e. The lowest BCUT2D eigenvalue weighted by atomic mass is 9.76. The van der Waals surface area contributed by atoms with Gasteiger partial charge in [-0.1, -0.05) is 24.4 Å². The minimum absolute atomic E-state index is 0.0856. The third-order valence-corrected chi connectivity index (χ3v) is 6.00. The summed E-state index contributed by atoms with van der Waals surface area (Å²) in [5, 5.41) is 0. The SMILES string of the molecule is O=S1(=O)C(=S)C2CCC2C1=S. The zero-order valence-electron chi connectivity index (χ0n) is 5.61. The Bertz CT molecular complexity index is 313. The molecule has 1 aliphatic heterocycles. The zero-order valence-corrected chi connectivity index (χ0v) is 8.06. The first kappa shape index (κ1) is 7.76. The van der Waals surface area contributed by atoms with E-state index in [1.807, 2.05) is 0 Å². The molecule has 1 heterocycles. The van der Waals surface area contributed by atoms with Gasteiger partial charge in [0.1, 0.15) is 8.39 Å². The van der Waals surface area contributed by atoms with Crippen molar-refractivity contribution in [3.63, 3.8) is 0 Å². The molecule has 0 N–H and O–H groups in total. The lowest BCUT2D eigenvalue weighted by Crippen LogP contribution is -2.26. The van der Waals surface area contributed by atoms with Crippen LogP contribution in [0.15, 0.2) is 0 Å². The molecule has 1 aliphatic carbocycles. The molecular formula is C6H6O2S3. The fourth-order valence-electron chi connectivity index (χ4n) is 1.56. The van der Waals surface area contributed by atoms with Gasteiger partial charge >= 0.3 is 0 Å². The molecule has 2 fully saturated rings. The van der Waals surface area contributed by atoms with Crippen molar-refractivity contribution < 1.29 is 8.42 Å². The number of hydrogen-bond donors (Lipinski definition) is 0. The molecule has 1 saturated carbocycles. The summed E-state index contributed by atoms with van der Waals surface area (Å²) >= 11 is 9.62. The Labute approximate surface area is 75.9 Å². The Morgan fingerprint density at radius 3 is 1.64 bits per heavy atom. The van der Waals surface area contributed by atoms with Crippen LogP contribution in [0.4, 0.5) is 0 Å². The van der Waals surface area contributed by atoms with Gasteiger partial charge in [0.15, 0.2) is 0 Å². The van der Waals surface area contributed by atoms with Crippen molar-refractivity contribution in [3.8, 4) is 0 Å². The summed E-state index contributed by atoms with van der Waals surface area (Å²) in [6.45, 7) is 0. The predicted octanol–water partition coefficient (Wildman–Crippen LogP) is 1.10. The molecule has 0 spiro atoms. The third kappa shape index (κ3) is 0.789. The Hall–Kier alpha value is 0.130. The molecule has 0 bridgehead atoms. The zero-order chi connectivity index (χ0) is 8.22. The van der Waals surface area contributed by atoms with Crippen molar-refractivity contribution in [1.82, 2.24) is 0 Å². The maximum absolute atomic E-state index is 11.3. The van der Waals surface area contributed by atoms with E-state index in [-0.39, 0.29) is 20.2 Å². The summed E-state index contributed by atoms with van der Waals surface area (Å²) in [6, 6.07) is 0. The highest BCUT2D eigenvalue weighted by atomic mass is 32.2. The van der Waals surface area contributed by atoms with Crippen molar-refractivity contribution in [1.29, 1.82) is 0 Å². The van der Waals surface area contributed by atoms with Gasteiger partial charge in [-0.2, -0.15) is 0 Å². The highest BCUT2D eigenvalue weighted by Gasteiger charge is 2.52. The first-order chi connectivity index (χ1) is 5.05. The van der Waals surface area contributed by atoms with Crippen molar-refractivity contribution in [2.75, 3.05) is 0 Å². The number of thiocarbonyl (C=S) groups is 2. The molecule has 2 unspecified atom stereocenters. The summed E-state index contributed by atoms with van der Waals surface area (Å²) in [5.41, 5.74) is 0. The minimum atomic E-state index is -3.28. The Morgan fingerprint density at radius 1 is 1.09 bits per heavy atom. The molecule has 0 aromatic carbocycles. The normalized spacial score (nSPS) is 40.0. The molecule has 2 nitrogen and oxygen atoms in total. The van der Waals surface area contributed by atoms with Crippen molar-refractivity contribution in [2.24, 2.45) is 11.8 Å². The maximum atomic E-state index is 11.3. The van der Waals surface area contributed by atoms with Gasteiger partial charge in [-0.25, -0.2) is 8.42 Å². The summed E-state index contributed by atoms with van der Waals surface area (Å²) in [6.07, 6.45) is 1.81. The van der Waals surface area contributed by atoms with Crippen LogP contribution < -0.4 is 0 Å². The number of fused-ring (bicyclic) bond motifs is 1. The molecule has 0 aromatic heterocycles. The van der Waals surface area contributed by atoms with Crippen LogP contribution >= 0.6 is 24.4 Å². The van der Waals surface area contributed by atoms with Gasteiger partial charge in [-0.15, -0.1) is 0 Å². The van der Waals surface area contributed by atoms with E-state index in [1.165, 1.54) is 0 Å². The van der Waals surface area contributed by atoms with E-state index in [1.54, 1.807) is 0 Å². The van der Waals surface area contributed by atoms with Crippen LogP contribution in [-0.2, 0) is 9.84 Å². The molecule has 5 heteroatoms.